The van der Waals surface area contributed by atoms with Gasteiger partial charge in [0, 0.05) is 36.3 Å². The number of nitrogens with zero attached hydrogens (tertiary/aromatic N) is 1. The fraction of sp³-hybridized carbons (Fsp3) is 0.211. The zero-order valence-corrected chi connectivity index (χ0v) is 14.0. The Labute approximate surface area is 151 Å². The van der Waals surface area contributed by atoms with Crippen molar-refractivity contribution in [2.75, 3.05) is 18.1 Å². The van der Waals surface area contributed by atoms with Crippen molar-refractivity contribution in [2.45, 2.75) is 12.7 Å². The Morgan fingerprint density at radius 2 is 1.74 bits per heavy atom. The van der Waals surface area contributed by atoms with Gasteiger partial charge in [-0.1, -0.05) is 12.1 Å². The number of anilines is 1. The van der Waals surface area contributed by atoms with E-state index >= 15 is 0 Å². The largest absolute Gasteiger partial charge is 0.423 e. The standard InChI is InChI=1S/C19H15F4NO3/c20-13-3-1-12(2-4-13)11-24(7-8-25)14-5-6-15-16(19(21,22)23)10-18(26)27-17(15)9-14/h1-6,9-10,25H,7-8,11H2. The molecule has 0 unspecified atom stereocenters. The van der Waals surface area contributed by atoms with E-state index in [0.717, 1.165) is 5.56 Å². The molecule has 1 aromatic heterocycles. The molecule has 0 fully saturated rings. The second kappa shape index (κ2) is 7.40. The number of fused-ring (bicyclic) bond motifs is 1. The maximum Gasteiger partial charge on any atom is 0.417 e. The molecule has 142 valence electrons. The summed E-state index contributed by atoms with van der Waals surface area (Å²) in [6.07, 6.45) is -4.69. The third-order valence-electron chi connectivity index (χ3n) is 4.06. The van der Waals surface area contributed by atoms with Crippen LogP contribution in [0.15, 0.2) is 57.7 Å². The minimum Gasteiger partial charge on any atom is -0.423 e. The zero-order valence-electron chi connectivity index (χ0n) is 14.0. The predicted molar refractivity (Wildman–Crippen MR) is 92.0 cm³/mol. The summed E-state index contributed by atoms with van der Waals surface area (Å²) in [6, 6.07) is 10.2. The molecule has 0 saturated carbocycles. The highest BCUT2D eigenvalue weighted by atomic mass is 19.4. The Kier molecular flexibility index (Phi) is 5.18. The van der Waals surface area contributed by atoms with Crippen LogP contribution in [0.3, 0.4) is 0 Å². The van der Waals surface area contributed by atoms with E-state index in [1.54, 1.807) is 17.0 Å². The molecule has 4 nitrogen and oxygen atoms in total. The molecule has 0 spiro atoms. The smallest absolute Gasteiger partial charge is 0.417 e. The van der Waals surface area contributed by atoms with Gasteiger partial charge in [0.1, 0.15) is 11.4 Å². The van der Waals surface area contributed by atoms with Gasteiger partial charge >= 0.3 is 11.8 Å². The van der Waals surface area contributed by atoms with E-state index < -0.39 is 17.4 Å². The zero-order chi connectivity index (χ0) is 19.6. The number of aliphatic hydroxyl groups is 1. The number of hydrogen-bond donors (Lipinski definition) is 1. The molecule has 0 aliphatic carbocycles. The lowest BCUT2D eigenvalue weighted by molar-refractivity contribution is -0.136. The number of aliphatic hydroxyl groups excluding tert-OH is 1. The average Bonchev–Trinajstić information content (AvgIpc) is 2.61. The number of hydrogen-bond acceptors (Lipinski definition) is 4. The monoisotopic (exact) mass is 381 g/mol. The predicted octanol–water partition coefficient (Wildman–Crippen LogP) is 3.95. The van der Waals surface area contributed by atoms with Crippen molar-refractivity contribution >= 4 is 16.7 Å². The number of benzene rings is 2. The Bertz CT molecular complexity index is 996. The van der Waals surface area contributed by atoms with Crippen LogP contribution in [0.2, 0.25) is 0 Å². The van der Waals surface area contributed by atoms with Crippen LogP contribution < -0.4 is 10.5 Å². The molecule has 1 heterocycles. The fourth-order valence-corrected chi connectivity index (χ4v) is 2.81. The van der Waals surface area contributed by atoms with E-state index in [-0.39, 0.29) is 36.5 Å². The lowest BCUT2D eigenvalue weighted by atomic mass is 10.1. The van der Waals surface area contributed by atoms with E-state index in [9.17, 15) is 27.5 Å². The number of halogens is 4. The lowest BCUT2D eigenvalue weighted by Crippen LogP contribution is -2.26. The van der Waals surface area contributed by atoms with Crippen LogP contribution in [-0.2, 0) is 12.7 Å². The molecule has 0 atom stereocenters. The molecule has 2 aromatic carbocycles. The van der Waals surface area contributed by atoms with Crippen LogP contribution in [0.1, 0.15) is 11.1 Å². The number of rotatable bonds is 5. The summed E-state index contributed by atoms with van der Waals surface area (Å²) in [4.78, 5) is 13.2. The van der Waals surface area contributed by atoms with E-state index in [2.05, 4.69) is 0 Å². The molecule has 0 radical (unpaired) electrons. The quantitative estimate of drug-likeness (QED) is 0.537. The van der Waals surface area contributed by atoms with Crippen molar-refractivity contribution in [2.24, 2.45) is 0 Å². The highest BCUT2D eigenvalue weighted by molar-refractivity contribution is 5.84. The third-order valence-corrected chi connectivity index (χ3v) is 4.06. The SMILES string of the molecule is O=c1cc(C(F)(F)F)c2ccc(N(CCO)Cc3ccc(F)cc3)cc2o1. The molecular formula is C19H15F4NO3. The molecule has 0 bridgehead atoms. The van der Waals surface area contributed by atoms with E-state index in [0.29, 0.717) is 11.8 Å². The maximum atomic E-state index is 13.1. The summed E-state index contributed by atoms with van der Waals surface area (Å²) < 4.78 is 57.4. The van der Waals surface area contributed by atoms with Crippen molar-refractivity contribution in [1.82, 2.24) is 0 Å². The minimum absolute atomic E-state index is 0.187. The summed E-state index contributed by atoms with van der Waals surface area (Å²) in [5.74, 6) is -0.389. The van der Waals surface area contributed by atoms with Gasteiger partial charge in [-0.3, -0.25) is 0 Å². The molecule has 27 heavy (non-hydrogen) atoms. The van der Waals surface area contributed by atoms with Gasteiger partial charge in [-0.05, 0) is 29.8 Å². The van der Waals surface area contributed by atoms with Crippen LogP contribution in [-0.4, -0.2) is 18.3 Å². The highest BCUT2D eigenvalue weighted by Crippen LogP contribution is 2.35. The van der Waals surface area contributed by atoms with Crippen molar-refractivity contribution in [3.05, 3.63) is 75.9 Å². The van der Waals surface area contributed by atoms with E-state index in [1.807, 2.05) is 0 Å². The van der Waals surface area contributed by atoms with Gasteiger partial charge in [0.2, 0.25) is 0 Å². The van der Waals surface area contributed by atoms with Crippen molar-refractivity contribution < 1.29 is 27.1 Å². The van der Waals surface area contributed by atoms with E-state index in [1.165, 1.54) is 30.3 Å². The summed E-state index contributed by atoms with van der Waals surface area (Å²) >= 11 is 0. The molecule has 3 rings (SSSR count). The van der Waals surface area contributed by atoms with E-state index in [4.69, 9.17) is 4.42 Å². The first-order chi connectivity index (χ1) is 12.8. The van der Waals surface area contributed by atoms with Gasteiger partial charge in [-0.25, -0.2) is 9.18 Å². The normalized spacial score (nSPS) is 11.7. The summed E-state index contributed by atoms with van der Waals surface area (Å²) in [7, 11) is 0. The molecule has 0 aliphatic rings. The average molecular weight is 381 g/mol. The lowest BCUT2D eigenvalue weighted by Gasteiger charge is -2.24. The van der Waals surface area contributed by atoms with Crippen molar-refractivity contribution in [1.29, 1.82) is 0 Å². The van der Waals surface area contributed by atoms with Gasteiger partial charge in [-0.15, -0.1) is 0 Å². The van der Waals surface area contributed by atoms with Gasteiger partial charge < -0.3 is 14.4 Å². The highest BCUT2D eigenvalue weighted by Gasteiger charge is 2.33. The first-order valence-electron chi connectivity index (χ1n) is 8.03. The van der Waals surface area contributed by atoms with Crippen LogP contribution in [0.4, 0.5) is 23.2 Å². The van der Waals surface area contributed by atoms with Gasteiger partial charge in [0.15, 0.2) is 0 Å². The Hall–Kier alpha value is -2.87. The molecule has 3 aromatic rings. The minimum atomic E-state index is -4.69. The van der Waals surface area contributed by atoms with Crippen LogP contribution >= 0.6 is 0 Å². The van der Waals surface area contributed by atoms with Crippen LogP contribution in [0.25, 0.3) is 11.0 Å². The van der Waals surface area contributed by atoms with Gasteiger partial charge in [0.25, 0.3) is 0 Å². The van der Waals surface area contributed by atoms with Crippen LogP contribution in [0.5, 0.6) is 0 Å². The molecule has 1 N–H and O–H groups in total. The van der Waals surface area contributed by atoms with Crippen molar-refractivity contribution in [3.63, 3.8) is 0 Å². The van der Waals surface area contributed by atoms with Crippen LogP contribution in [0, 0.1) is 5.82 Å². The van der Waals surface area contributed by atoms with Gasteiger partial charge in [0.05, 0.1) is 12.2 Å². The second-order valence-electron chi connectivity index (χ2n) is 5.93. The maximum absolute atomic E-state index is 13.1. The molecule has 8 heteroatoms. The number of alkyl halides is 3. The third kappa shape index (κ3) is 4.28. The molecular weight excluding hydrogens is 366 g/mol. The molecule has 0 saturated heterocycles. The Morgan fingerprint density at radius 3 is 2.37 bits per heavy atom. The summed E-state index contributed by atoms with van der Waals surface area (Å²) in [5.41, 5.74) is -1.15. The Morgan fingerprint density at radius 1 is 1.04 bits per heavy atom. The Balaban J connectivity index is 2.03. The first kappa shape index (κ1) is 18.9. The van der Waals surface area contributed by atoms with Crippen molar-refractivity contribution in [3.8, 4) is 0 Å². The van der Waals surface area contributed by atoms with Gasteiger partial charge in [-0.2, -0.15) is 13.2 Å². The second-order valence-corrected chi connectivity index (χ2v) is 5.93. The first-order valence-corrected chi connectivity index (χ1v) is 8.03. The molecule has 0 aliphatic heterocycles. The molecule has 0 amide bonds. The summed E-state index contributed by atoms with van der Waals surface area (Å²) in [5, 5.41) is 9.08. The fourth-order valence-electron chi connectivity index (χ4n) is 2.81. The topological polar surface area (TPSA) is 53.7 Å². The summed E-state index contributed by atoms with van der Waals surface area (Å²) in [6.45, 7) is 0.271.